The number of sulfonamides is 1. The van der Waals surface area contributed by atoms with Gasteiger partial charge in [-0.3, -0.25) is 0 Å². The fourth-order valence-corrected chi connectivity index (χ4v) is 2.88. The van der Waals surface area contributed by atoms with Gasteiger partial charge in [-0.2, -0.15) is 0 Å². The first-order valence-electron chi connectivity index (χ1n) is 5.81. The number of hydrogen-bond donors (Lipinski definition) is 2. The van der Waals surface area contributed by atoms with Gasteiger partial charge in [-0.05, 0) is 31.0 Å². The molecular weight excluding hydrogens is 273 g/mol. The molecule has 0 bridgehead atoms. The summed E-state index contributed by atoms with van der Waals surface area (Å²) < 4.78 is 44.8. The summed E-state index contributed by atoms with van der Waals surface area (Å²) >= 11 is 0. The molecule has 0 saturated heterocycles. The van der Waals surface area contributed by atoms with Crippen LogP contribution in [0.4, 0.5) is 4.39 Å². The molecule has 108 valence electrons. The number of halogens is 1. The Morgan fingerprint density at radius 1 is 1.47 bits per heavy atom. The van der Waals surface area contributed by atoms with Crippen molar-refractivity contribution < 1.29 is 22.7 Å². The van der Waals surface area contributed by atoms with Gasteiger partial charge in [0.15, 0.2) is 0 Å². The Labute approximate surface area is 112 Å². The number of methoxy groups -OCH3 is 1. The van der Waals surface area contributed by atoms with E-state index in [4.69, 9.17) is 9.84 Å². The largest absolute Gasteiger partial charge is 0.392 e. The minimum Gasteiger partial charge on any atom is -0.392 e. The predicted molar refractivity (Wildman–Crippen MR) is 68.6 cm³/mol. The first kappa shape index (κ1) is 16.0. The van der Waals surface area contributed by atoms with Crippen LogP contribution in [0.25, 0.3) is 0 Å². The molecule has 0 fully saturated rings. The molecule has 0 saturated carbocycles. The van der Waals surface area contributed by atoms with Crippen molar-refractivity contribution in [2.24, 2.45) is 0 Å². The zero-order chi connectivity index (χ0) is 14.5. The summed E-state index contributed by atoms with van der Waals surface area (Å²) in [7, 11) is -2.39. The van der Waals surface area contributed by atoms with Crippen molar-refractivity contribution in [1.29, 1.82) is 0 Å². The van der Waals surface area contributed by atoms with Gasteiger partial charge in [0.2, 0.25) is 10.0 Å². The number of rotatable bonds is 7. The lowest BCUT2D eigenvalue weighted by Crippen LogP contribution is -2.33. The molecule has 1 atom stereocenters. The maximum Gasteiger partial charge on any atom is 0.243 e. The fourth-order valence-electron chi connectivity index (χ4n) is 1.54. The highest BCUT2D eigenvalue weighted by Crippen LogP contribution is 2.16. The summed E-state index contributed by atoms with van der Waals surface area (Å²) in [5, 5.41) is 8.85. The zero-order valence-corrected chi connectivity index (χ0v) is 11.7. The van der Waals surface area contributed by atoms with Crippen molar-refractivity contribution in [3.05, 3.63) is 29.6 Å². The highest BCUT2D eigenvalue weighted by Gasteiger charge is 2.21. The molecule has 0 heterocycles. The average Bonchev–Trinajstić information content (AvgIpc) is 2.35. The van der Waals surface area contributed by atoms with Crippen LogP contribution in [0.2, 0.25) is 0 Å². The quantitative estimate of drug-likeness (QED) is 0.786. The van der Waals surface area contributed by atoms with E-state index in [0.29, 0.717) is 18.6 Å². The summed E-state index contributed by atoms with van der Waals surface area (Å²) in [4.78, 5) is -0.422. The average molecular weight is 291 g/mol. The Balaban J connectivity index is 2.88. The van der Waals surface area contributed by atoms with Gasteiger partial charge >= 0.3 is 0 Å². The summed E-state index contributed by atoms with van der Waals surface area (Å²) in [5.74, 6) is -0.877. The molecule has 2 N–H and O–H groups in total. The Kier molecular flexibility index (Phi) is 5.86. The molecule has 1 aromatic carbocycles. The van der Waals surface area contributed by atoms with E-state index in [9.17, 15) is 12.8 Å². The van der Waals surface area contributed by atoms with Crippen LogP contribution >= 0.6 is 0 Å². The van der Waals surface area contributed by atoms with Crippen LogP contribution in [0, 0.1) is 5.82 Å². The molecule has 0 aromatic heterocycles. The molecule has 7 heteroatoms. The van der Waals surface area contributed by atoms with Crippen LogP contribution in [-0.2, 0) is 21.4 Å². The molecule has 1 unspecified atom stereocenters. The molecule has 0 aliphatic carbocycles. The minimum atomic E-state index is -3.91. The van der Waals surface area contributed by atoms with Gasteiger partial charge in [-0.25, -0.2) is 17.5 Å². The van der Waals surface area contributed by atoms with Crippen LogP contribution in [0.15, 0.2) is 23.1 Å². The third-order valence-electron chi connectivity index (χ3n) is 2.58. The Morgan fingerprint density at radius 3 is 2.68 bits per heavy atom. The first-order chi connectivity index (χ1) is 8.90. The van der Waals surface area contributed by atoms with Crippen LogP contribution in [0.3, 0.4) is 0 Å². The van der Waals surface area contributed by atoms with Crippen molar-refractivity contribution in [1.82, 2.24) is 4.72 Å². The molecule has 0 aliphatic rings. The van der Waals surface area contributed by atoms with E-state index < -0.39 is 20.7 Å². The third-order valence-corrected chi connectivity index (χ3v) is 4.20. The Hall–Kier alpha value is -1.02. The second-order valence-electron chi connectivity index (χ2n) is 4.23. The van der Waals surface area contributed by atoms with Gasteiger partial charge in [-0.1, -0.05) is 6.07 Å². The second-order valence-corrected chi connectivity index (χ2v) is 5.91. The molecule has 1 rings (SSSR count). The topological polar surface area (TPSA) is 75.6 Å². The molecule has 0 amide bonds. The van der Waals surface area contributed by atoms with E-state index in [1.165, 1.54) is 13.2 Å². The predicted octanol–water partition coefficient (Wildman–Crippen LogP) is 1.02. The lowest BCUT2D eigenvalue weighted by molar-refractivity contribution is 0.188. The Morgan fingerprint density at radius 2 is 2.16 bits per heavy atom. The van der Waals surface area contributed by atoms with Gasteiger partial charge in [0.1, 0.15) is 10.7 Å². The number of benzene rings is 1. The van der Waals surface area contributed by atoms with Crippen LogP contribution in [-0.4, -0.2) is 33.3 Å². The standard InChI is InChI=1S/C12H18FNO4S/c1-9(5-6-18-2)14-19(16,17)12-4-3-10(8-15)7-11(12)13/h3-4,7,9,14-15H,5-6,8H2,1-2H3. The number of aliphatic hydroxyl groups excluding tert-OH is 1. The SMILES string of the molecule is COCCC(C)NS(=O)(=O)c1ccc(CO)cc1F. The lowest BCUT2D eigenvalue weighted by atomic mass is 10.2. The number of hydrogen-bond acceptors (Lipinski definition) is 4. The fraction of sp³-hybridized carbons (Fsp3) is 0.500. The molecule has 19 heavy (non-hydrogen) atoms. The Bertz CT molecular complexity index is 518. The minimum absolute atomic E-state index is 0.323. The van der Waals surface area contributed by atoms with Crippen LogP contribution in [0.5, 0.6) is 0 Å². The van der Waals surface area contributed by atoms with Crippen LogP contribution in [0.1, 0.15) is 18.9 Å². The van der Waals surface area contributed by atoms with E-state index in [0.717, 1.165) is 12.1 Å². The van der Waals surface area contributed by atoms with Crippen molar-refractivity contribution in [2.75, 3.05) is 13.7 Å². The highest BCUT2D eigenvalue weighted by atomic mass is 32.2. The molecule has 1 aromatic rings. The molecule has 0 spiro atoms. The van der Waals surface area contributed by atoms with Gasteiger partial charge in [0, 0.05) is 19.8 Å². The summed E-state index contributed by atoms with van der Waals surface area (Å²) in [6, 6.07) is 3.17. The van der Waals surface area contributed by atoms with Crippen molar-refractivity contribution in [3.8, 4) is 0 Å². The maximum atomic E-state index is 13.7. The number of ether oxygens (including phenoxy) is 1. The van der Waals surface area contributed by atoms with Crippen molar-refractivity contribution in [2.45, 2.75) is 30.9 Å². The van der Waals surface area contributed by atoms with Crippen molar-refractivity contribution in [3.63, 3.8) is 0 Å². The van der Waals surface area contributed by atoms with Gasteiger partial charge in [-0.15, -0.1) is 0 Å². The number of nitrogens with one attached hydrogen (secondary N) is 1. The summed E-state index contributed by atoms with van der Waals surface area (Å²) in [6.07, 6.45) is 0.492. The van der Waals surface area contributed by atoms with Crippen molar-refractivity contribution >= 4 is 10.0 Å². The molecule has 0 radical (unpaired) electrons. The monoisotopic (exact) mass is 291 g/mol. The van der Waals surface area contributed by atoms with E-state index in [1.807, 2.05) is 0 Å². The summed E-state index contributed by atoms with van der Waals surface area (Å²) in [5.41, 5.74) is 0.323. The maximum absolute atomic E-state index is 13.7. The van der Waals surface area contributed by atoms with E-state index in [-0.39, 0.29) is 12.6 Å². The molecule has 5 nitrogen and oxygen atoms in total. The van der Waals surface area contributed by atoms with E-state index in [2.05, 4.69) is 4.72 Å². The van der Waals surface area contributed by atoms with Crippen LogP contribution < -0.4 is 4.72 Å². The smallest absolute Gasteiger partial charge is 0.243 e. The molecular formula is C12H18FNO4S. The second kappa shape index (κ2) is 6.95. The van der Waals surface area contributed by atoms with Gasteiger partial charge in [0.25, 0.3) is 0 Å². The summed E-state index contributed by atoms with van der Waals surface area (Å²) in [6.45, 7) is 1.75. The lowest BCUT2D eigenvalue weighted by Gasteiger charge is -2.14. The molecule has 0 aliphatic heterocycles. The van der Waals surface area contributed by atoms with E-state index >= 15 is 0 Å². The zero-order valence-electron chi connectivity index (χ0n) is 10.9. The number of aliphatic hydroxyl groups is 1. The highest BCUT2D eigenvalue weighted by molar-refractivity contribution is 7.89. The normalized spacial score (nSPS) is 13.5. The third kappa shape index (κ3) is 4.54. The first-order valence-corrected chi connectivity index (χ1v) is 7.29. The van der Waals surface area contributed by atoms with Gasteiger partial charge < -0.3 is 9.84 Å². The van der Waals surface area contributed by atoms with Gasteiger partial charge in [0.05, 0.1) is 6.61 Å². The van der Waals surface area contributed by atoms with E-state index in [1.54, 1.807) is 6.92 Å².